The zero-order chi connectivity index (χ0) is 14.6. The quantitative estimate of drug-likeness (QED) is 0.918. The van der Waals surface area contributed by atoms with Gasteiger partial charge < -0.3 is 10.1 Å². The Morgan fingerprint density at radius 3 is 2.85 bits per heavy atom. The molecule has 0 radical (unpaired) electrons. The monoisotopic (exact) mass is 286 g/mol. The summed E-state index contributed by atoms with van der Waals surface area (Å²) in [6, 6.07) is 5.65. The number of benzene rings is 1. The van der Waals surface area contributed by atoms with Crippen molar-refractivity contribution < 1.29 is 17.9 Å². The number of anilines is 1. The number of hydrogen-bond acceptors (Lipinski definition) is 4. The maximum atomic E-state index is 12.1. The van der Waals surface area contributed by atoms with E-state index in [-0.39, 0.29) is 5.75 Å². The maximum Gasteiger partial charge on any atom is 0.573 e. The van der Waals surface area contributed by atoms with Gasteiger partial charge in [0, 0.05) is 18.3 Å². The molecule has 0 aliphatic carbocycles. The van der Waals surface area contributed by atoms with Crippen LogP contribution >= 0.6 is 0 Å². The Bertz CT molecular complexity index is 568. The van der Waals surface area contributed by atoms with Gasteiger partial charge in [-0.3, -0.25) is 0 Å². The highest BCUT2D eigenvalue weighted by molar-refractivity contribution is 5.48. The van der Waals surface area contributed by atoms with Gasteiger partial charge in [0.2, 0.25) is 0 Å². The normalized spacial score (nSPS) is 11.4. The van der Waals surface area contributed by atoms with Crippen molar-refractivity contribution in [3.05, 3.63) is 36.4 Å². The molecule has 0 atom stereocenters. The number of hydrogen-bond donors (Lipinski definition) is 1. The molecule has 0 bridgehead atoms. The van der Waals surface area contributed by atoms with Crippen LogP contribution in [0, 0.1) is 0 Å². The van der Waals surface area contributed by atoms with Crippen molar-refractivity contribution in [3.8, 4) is 5.75 Å². The summed E-state index contributed by atoms with van der Waals surface area (Å²) in [5.74, 6) is 0.439. The lowest BCUT2D eigenvalue weighted by Gasteiger charge is -2.11. The molecule has 0 unspecified atom stereocenters. The second-order valence-electron chi connectivity index (χ2n) is 3.92. The molecule has 0 fully saturated rings. The SMILES string of the molecule is CCn1ncnc1CNc1cccc(OC(F)(F)F)c1. The van der Waals surface area contributed by atoms with E-state index >= 15 is 0 Å². The Morgan fingerprint density at radius 2 is 2.15 bits per heavy atom. The molecule has 1 aromatic heterocycles. The highest BCUT2D eigenvalue weighted by Crippen LogP contribution is 2.25. The number of nitrogens with one attached hydrogen (secondary N) is 1. The van der Waals surface area contributed by atoms with Gasteiger partial charge in [0.05, 0.1) is 6.54 Å². The molecule has 0 aliphatic rings. The number of nitrogens with zero attached hydrogens (tertiary/aromatic N) is 3. The van der Waals surface area contributed by atoms with Crippen LogP contribution in [0.5, 0.6) is 5.75 Å². The third kappa shape index (κ3) is 3.87. The molecule has 1 N–H and O–H groups in total. The predicted molar refractivity (Wildman–Crippen MR) is 66.1 cm³/mol. The number of aryl methyl sites for hydroxylation is 1. The van der Waals surface area contributed by atoms with Gasteiger partial charge in [0.15, 0.2) is 0 Å². The van der Waals surface area contributed by atoms with Crippen molar-refractivity contribution in [1.82, 2.24) is 14.8 Å². The minimum Gasteiger partial charge on any atom is -0.406 e. The van der Waals surface area contributed by atoms with E-state index < -0.39 is 6.36 Å². The summed E-state index contributed by atoms with van der Waals surface area (Å²) in [6.07, 6.45) is -3.26. The molecule has 1 aromatic carbocycles. The average Bonchev–Trinajstić information content (AvgIpc) is 2.82. The van der Waals surface area contributed by atoms with E-state index in [9.17, 15) is 13.2 Å². The molecule has 1 heterocycles. The number of aromatic nitrogens is 3. The number of alkyl halides is 3. The molecule has 2 rings (SSSR count). The first kappa shape index (κ1) is 14.2. The molecular formula is C12H13F3N4O. The van der Waals surface area contributed by atoms with Gasteiger partial charge in [-0.2, -0.15) is 5.10 Å². The Labute approximate surface area is 113 Å². The molecule has 108 valence electrons. The van der Waals surface area contributed by atoms with Crippen molar-refractivity contribution >= 4 is 5.69 Å². The minimum atomic E-state index is -4.69. The lowest BCUT2D eigenvalue weighted by atomic mass is 10.3. The fraction of sp³-hybridized carbons (Fsp3) is 0.333. The van der Waals surface area contributed by atoms with E-state index in [1.54, 1.807) is 10.7 Å². The molecule has 0 saturated carbocycles. The topological polar surface area (TPSA) is 52.0 Å². The maximum absolute atomic E-state index is 12.1. The van der Waals surface area contributed by atoms with E-state index in [1.165, 1.54) is 24.5 Å². The molecule has 8 heteroatoms. The molecule has 0 spiro atoms. The highest BCUT2D eigenvalue weighted by Gasteiger charge is 2.31. The smallest absolute Gasteiger partial charge is 0.406 e. The number of rotatable bonds is 5. The highest BCUT2D eigenvalue weighted by atomic mass is 19.4. The van der Waals surface area contributed by atoms with Crippen molar-refractivity contribution in [1.29, 1.82) is 0 Å². The fourth-order valence-electron chi connectivity index (χ4n) is 1.67. The van der Waals surface area contributed by atoms with Crippen molar-refractivity contribution in [2.24, 2.45) is 0 Å². The van der Waals surface area contributed by atoms with E-state index in [2.05, 4.69) is 20.1 Å². The van der Waals surface area contributed by atoms with Gasteiger partial charge in [0.1, 0.15) is 17.9 Å². The van der Waals surface area contributed by atoms with Gasteiger partial charge in [0.25, 0.3) is 0 Å². The van der Waals surface area contributed by atoms with Gasteiger partial charge in [-0.25, -0.2) is 9.67 Å². The summed E-state index contributed by atoms with van der Waals surface area (Å²) in [6.45, 7) is 2.97. The van der Waals surface area contributed by atoms with Crippen LogP contribution in [0.4, 0.5) is 18.9 Å². The summed E-state index contributed by atoms with van der Waals surface area (Å²) >= 11 is 0. The molecule has 5 nitrogen and oxygen atoms in total. The Balaban J connectivity index is 2.01. The van der Waals surface area contributed by atoms with Crippen LogP contribution in [-0.4, -0.2) is 21.1 Å². The summed E-state index contributed by atoms with van der Waals surface area (Å²) in [7, 11) is 0. The van der Waals surface area contributed by atoms with Gasteiger partial charge in [-0.15, -0.1) is 13.2 Å². The van der Waals surface area contributed by atoms with Crippen LogP contribution in [0.3, 0.4) is 0 Å². The van der Waals surface area contributed by atoms with E-state index in [4.69, 9.17) is 0 Å². The first-order valence-corrected chi connectivity index (χ1v) is 5.94. The van der Waals surface area contributed by atoms with Crippen LogP contribution in [0.15, 0.2) is 30.6 Å². The number of halogens is 3. The zero-order valence-corrected chi connectivity index (χ0v) is 10.7. The van der Waals surface area contributed by atoms with Crippen LogP contribution < -0.4 is 10.1 Å². The average molecular weight is 286 g/mol. The Morgan fingerprint density at radius 1 is 1.35 bits per heavy atom. The van der Waals surface area contributed by atoms with Crippen LogP contribution in [-0.2, 0) is 13.1 Å². The summed E-state index contributed by atoms with van der Waals surface area (Å²) in [4.78, 5) is 4.06. The van der Waals surface area contributed by atoms with Gasteiger partial charge in [-0.05, 0) is 19.1 Å². The summed E-state index contributed by atoms with van der Waals surface area (Å²) in [5, 5.41) is 6.98. The Kier molecular flexibility index (Phi) is 4.11. The predicted octanol–water partition coefficient (Wildman–Crippen LogP) is 2.81. The zero-order valence-electron chi connectivity index (χ0n) is 10.7. The summed E-state index contributed by atoms with van der Waals surface area (Å²) in [5.41, 5.74) is 0.511. The summed E-state index contributed by atoms with van der Waals surface area (Å²) < 4.78 is 41.9. The van der Waals surface area contributed by atoms with Crippen LogP contribution in [0.1, 0.15) is 12.7 Å². The molecule has 0 amide bonds. The fourth-order valence-corrected chi connectivity index (χ4v) is 1.67. The second kappa shape index (κ2) is 5.81. The Hall–Kier alpha value is -2.25. The van der Waals surface area contributed by atoms with Gasteiger partial charge >= 0.3 is 6.36 Å². The molecule has 20 heavy (non-hydrogen) atoms. The minimum absolute atomic E-state index is 0.264. The first-order chi connectivity index (χ1) is 9.48. The number of ether oxygens (including phenoxy) is 1. The van der Waals surface area contributed by atoms with Crippen LogP contribution in [0.25, 0.3) is 0 Å². The van der Waals surface area contributed by atoms with E-state index in [0.717, 1.165) is 0 Å². The van der Waals surface area contributed by atoms with Crippen molar-refractivity contribution in [3.63, 3.8) is 0 Å². The van der Waals surface area contributed by atoms with E-state index in [1.807, 2.05) is 6.92 Å². The molecule has 0 saturated heterocycles. The molecular weight excluding hydrogens is 273 g/mol. The molecule has 2 aromatic rings. The van der Waals surface area contributed by atoms with Crippen molar-refractivity contribution in [2.75, 3.05) is 5.32 Å². The third-order valence-corrected chi connectivity index (χ3v) is 2.51. The van der Waals surface area contributed by atoms with E-state index in [0.29, 0.717) is 24.6 Å². The van der Waals surface area contributed by atoms with Crippen molar-refractivity contribution in [2.45, 2.75) is 26.4 Å². The third-order valence-electron chi connectivity index (χ3n) is 2.51. The molecule has 0 aliphatic heterocycles. The second-order valence-corrected chi connectivity index (χ2v) is 3.92. The first-order valence-electron chi connectivity index (χ1n) is 5.94. The lowest BCUT2D eigenvalue weighted by molar-refractivity contribution is -0.274. The van der Waals surface area contributed by atoms with Crippen LogP contribution in [0.2, 0.25) is 0 Å². The largest absolute Gasteiger partial charge is 0.573 e. The standard InChI is InChI=1S/C12H13F3N4O/c1-2-19-11(17-8-18-19)7-16-9-4-3-5-10(6-9)20-12(13,14)15/h3-6,8,16H,2,7H2,1H3. The lowest BCUT2D eigenvalue weighted by Crippen LogP contribution is -2.17. The van der Waals surface area contributed by atoms with Gasteiger partial charge in [-0.1, -0.05) is 6.07 Å².